The quantitative estimate of drug-likeness (QED) is 0.775. The fourth-order valence-electron chi connectivity index (χ4n) is 2.92. The number of piperidine rings is 1. The van der Waals surface area contributed by atoms with Gasteiger partial charge in [0.15, 0.2) is 0 Å². The summed E-state index contributed by atoms with van der Waals surface area (Å²) >= 11 is 1.63. The van der Waals surface area contributed by atoms with E-state index in [4.69, 9.17) is 4.98 Å². The smallest absolute Gasteiger partial charge is 0.209 e. The molecule has 2 N–H and O–H groups in total. The van der Waals surface area contributed by atoms with Crippen LogP contribution in [0.3, 0.4) is 0 Å². The van der Waals surface area contributed by atoms with Crippen molar-refractivity contribution < 1.29 is 8.42 Å². The molecule has 2 aromatic rings. The Morgan fingerprint density at radius 2 is 2.00 bits per heavy atom. The lowest BCUT2D eigenvalue weighted by atomic mass is 9.96. The summed E-state index contributed by atoms with van der Waals surface area (Å²) in [6.07, 6.45) is 3.79. The molecule has 25 heavy (non-hydrogen) atoms. The van der Waals surface area contributed by atoms with Crippen molar-refractivity contribution in [2.24, 2.45) is 0 Å². The van der Waals surface area contributed by atoms with E-state index >= 15 is 0 Å². The number of nitrogens with one attached hydrogen (secondary N) is 2. The Balaban J connectivity index is 0.00000156. The van der Waals surface area contributed by atoms with Crippen LogP contribution in [0, 0.1) is 0 Å². The van der Waals surface area contributed by atoms with Crippen LogP contribution in [0.5, 0.6) is 0 Å². The molecule has 5 nitrogen and oxygen atoms in total. The largest absolute Gasteiger partial charge is 0.312 e. The summed E-state index contributed by atoms with van der Waals surface area (Å²) in [5, 5.41) is 6.50. The number of hydrogen-bond acceptors (Lipinski definition) is 5. The van der Waals surface area contributed by atoms with E-state index in [1.165, 1.54) is 6.26 Å². The Labute approximate surface area is 165 Å². The van der Waals surface area contributed by atoms with Gasteiger partial charge in [0.1, 0.15) is 5.01 Å². The predicted octanol–water partition coefficient (Wildman–Crippen LogP) is 2.87. The summed E-state index contributed by atoms with van der Waals surface area (Å²) in [5.41, 5.74) is 2.12. The number of aromatic nitrogens is 1. The number of thiazole rings is 1. The summed E-state index contributed by atoms with van der Waals surface area (Å²) in [6.45, 7) is 0.919. The third-order valence-corrected chi connectivity index (χ3v) is 5.62. The molecule has 0 aliphatic carbocycles. The molecule has 0 spiro atoms. The Kier molecular flexibility index (Phi) is 8.80. The van der Waals surface area contributed by atoms with Gasteiger partial charge in [-0.1, -0.05) is 30.3 Å². The average molecular weight is 424 g/mol. The van der Waals surface area contributed by atoms with Gasteiger partial charge in [0.2, 0.25) is 10.0 Å². The van der Waals surface area contributed by atoms with E-state index in [0.717, 1.165) is 42.1 Å². The fourth-order valence-corrected chi connectivity index (χ4v) is 4.59. The third-order valence-electron chi connectivity index (χ3n) is 3.95. The Bertz CT molecular complexity index is 754. The third kappa shape index (κ3) is 6.51. The number of nitrogens with zero attached hydrogens (tertiary/aromatic N) is 1. The lowest BCUT2D eigenvalue weighted by Gasteiger charge is -2.32. The van der Waals surface area contributed by atoms with Gasteiger partial charge in [0.05, 0.1) is 11.9 Å². The first kappa shape index (κ1) is 22.3. The minimum absolute atomic E-state index is 0. The van der Waals surface area contributed by atoms with Crippen LogP contribution in [0.2, 0.25) is 0 Å². The van der Waals surface area contributed by atoms with Gasteiger partial charge in [-0.3, -0.25) is 0 Å². The molecule has 2 unspecified atom stereocenters. The predicted molar refractivity (Wildman–Crippen MR) is 109 cm³/mol. The zero-order valence-electron chi connectivity index (χ0n) is 13.8. The van der Waals surface area contributed by atoms with Crippen molar-refractivity contribution in [2.75, 3.05) is 12.8 Å². The van der Waals surface area contributed by atoms with Gasteiger partial charge in [0.25, 0.3) is 0 Å². The molecule has 0 saturated carbocycles. The number of halogens is 2. The molecule has 2 heterocycles. The van der Waals surface area contributed by atoms with E-state index in [-0.39, 0.29) is 36.9 Å². The van der Waals surface area contributed by atoms with E-state index in [2.05, 4.69) is 27.6 Å². The molecule has 1 aliphatic heterocycles. The topological polar surface area (TPSA) is 71.1 Å². The minimum Gasteiger partial charge on any atom is -0.312 e. The highest BCUT2D eigenvalue weighted by Gasteiger charge is 2.27. The first-order valence-corrected chi connectivity index (χ1v) is 10.5. The highest BCUT2D eigenvalue weighted by atomic mass is 35.5. The van der Waals surface area contributed by atoms with Gasteiger partial charge in [0, 0.05) is 29.4 Å². The molecule has 1 saturated heterocycles. The van der Waals surface area contributed by atoms with Crippen molar-refractivity contribution in [2.45, 2.75) is 31.3 Å². The summed E-state index contributed by atoms with van der Waals surface area (Å²) in [5.74, 6) is 0. The van der Waals surface area contributed by atoms with Crippen LogP contribution >= 0.6 is 36.2 Å². The maximum Gasteiger partial charge on any atom is 0.209 e. The highest BCUT2D eigenvalue weighted by Crippen LogP contribution is 2.24. The van der Waals surface area contributed by atoms with E-state index < -0.39 is 10.0 Å². The van der Waals surface area contributed by atoms with Crippen LogP contribution in [0.4, 0.5) is 0 Å². The molecular formula is C16H23Cl2N3O2S2. The van der Waals surface area contributed by atoms with Gasteiger partial charge in [-0.2, -0.15) is 0 Å². The van der Waals surface area contributed by atoms with E-state index in [1.807, 2.05) is 18.2 Å². The number of rotatable bonds is 5. The van der Waals surface area contributed by atoms with Crippen molar-refractivity contribution >= 4 is 46.2 Å². The number of sulfonamides is 1. The van der Waals surface area contributed by atoms with Crippen molar-refractivity contribution in [3.63, 3.8) is 0 Å². The van der Waals surface area contributed by atoms with E-state index in [1.54, 1.807) is 11.3 Å². The van der Waals surface area contributed by atoms with Gasteiger partial charge < -0.3 is 5.32 Å². The summed E-state index contributed by atoms with van der Waals surface area (Å²) in [7, 11) is -3.19. The average Bonchev–Trinajstić information content (AvgIpc) is 2.97. The normalized spacial score (nSPS) is 20.4. The molecule has 0 amide bonds. The van der Waals surface area contributed by atoms with Crippen LogP contribution < -0.4 is 10.0 Å². The SMILES string of the molecule is CS(=O)(=O)NC1CCCNC1Cc1csc(-c2ccccc2)n1.Cl.Cl. The molecule has 140 valence electrons. The summed E-state index contributed by atoms with van der Waals surface area (Å²) in [4.78, 5) is 4.71. The molecule has 1 aromatic carbocycles. The Hall–Kier alpha value is -0.700. The maximum atomic E-state index is 11.5. The summed E-state index contributed by atoms with van der Waals surface area (Å²) in [6, 6.07) is 10.1. The van der Waals surface area contributed by atoms with Crippen molar-refractivity contribution in [1.82, 2.24) is 15.0 Å². The molecular weight excluding hydrogens is 401 g/mol. The van der Waals surface area contributed by atoms with Crippen molar-refractivity contribution in [3.8, 4) is 10.6 Å². The van der Waals surface area contributed by atoms with Gasteiger partial charge in [-0.25, -0.2) is 18.1 Å². The number of benzene rings is 1. The summed E-state index contributed by atoms with van der Waals surface area (Å²) < 4.78 is 25.8. The standard InChI is InChI=1S/C16H21N3O2S2.2ClH/c1-23(20,21)19-14-8-5-9-17-15(14)10-13-11-22-16(18-13)12-6-3-2-4-7-12;;/h2-4,6-7,11,14-15,17,19H,5,8-10H2,1H3;2*1H. The Morgan fingerprint density at radius 3 is 2.68 bits per heavy atom. The van der Waals surface area contributed by atoms with Crippen molar-refractivity contribution in [1.29, 1.82) is 0 Å². The van der Waals surface area contributed by atoms with Gasteiger partial charge in [-0.15, -0.1) is 36.2 Å². The number of hydrogen-bond donors (Lipinski definition) is 2. The van der Waals surface area contributed by atoms with E-state index in [0.29, 0.717) is 0 Å². The first-order valence-electron chi connectivity index (χ1n) is 7.72. The van der Waals surface area contributed by atoms with Crippen molar-refractivity contribution in [3.05, 3.63) is 41.4 Å². The highest BCUT2D eigenvalue weighted by molar-refractivity contribution is 7.88. The van der Waals surface area contributed by atoms with Crippen LogP contribution in [0.15, 0.2) is 35.7 Å². The Morgan fingerprint density at radius 1 is 1.28 bits per heavy atom. The van der Waals surface area contributed by atoms with Crippen LogP contribution in [-0.2, 0) is 16.4 Å². The van der Waals surface area contributed by atoms with Crippen LogP contribution in [0.25, 0.3) is 10.6 Å². The zero-order chi connectivity index (χ0) is 16.3. The van der Waals surface area contributed by atoms with E-state index in [9.17, 15) is 8.42 Å². The second-order valence-electron chi connectivity index (χ2n) is 5.91. The molecule has 3 rings (SSSR count). The molecule has 1 aliphatic rings. The molecule has 1 aromatic heterocycles. The van der Waals surface area contributed by atoms with Crippen LogP contribution in [0.1, 0.15) is 18.5 Å². The zero-order valence-corrected chi connectivity index (χ0v) is 17.1. The lowest BCUT2D eigenvalue weighted by Crippen LogP contribution is -2.54. The van der Waals surface area contributed by atoms with Gasteiger partial charge >= 0.3 is 0 Å². The lowest BCUT2D eigenvalue weighted by molar-refractivity contribution is 0.328. The molecule has 9 heteroatoms. The monoisotopic (exact) mass is 423 g/mol. The second kappa shape index (κ2) is 9.85. The minimum atomic E-state index is -3.19. The fraction of sp³-hybridized carbons (Fsp3) is 0.438. The first-order chi connectivity index (χ1) is 11.0. The second-order valence-corrected chi connectivity index (χ2v) is 8.55. The molecule has 0 bridgehead atoms. The van der Waals surface area contributed by atoms with Crippen LogP contribution in [-0.4, -0.2) is 38.3 Å². The molecule has 2 atom stereocenters. The molecule has 0 radical (unpaired) electrons. The molecule has 1 fully saturated rings. The van der Waals surface area contributed by atoms with Gasteiger partial charge in [-0.05, 0) is 19.4 Å². The maximum absolute atomic E-state index is 11.5.